The Bertz CT molecular complexity index is 301. The Morgan fingerprint density at radius 2 is 2.15 bits per heavy atom. The normalized spacial score (nSPS) is 12.5. The second-order valence-electron chi connectivity index (χ2n) is 2.39. The third kappa shape index (κ3) is 2.71. The largest absolute Gasteiger partial charge is 0.495 e. The van der Waals surface area contributed by atoms with E-state index in [1.165, 1.54) is 0 Å². The summed E-state index contributed by atoms with van der Waals surface area (Å²) in [6.45, 7) is 0. The lowest BCUT2D eigenvalue weighted by atomic mass is 10.3. The number of rotatable bonds is 4. The van der Waals surface area contributed by atoms with Gasteiger partial charge in [0.1, 0.15) is 5.75 Å². The molecule has 0 aromatic heterocycles. The van der Waals surface area contributed by atoms with Gasteiger partial charge in [0.15, 0.2) is 0 Å². The highest BCUT2D eigenvalue weighted by Crippen LogP contribution is 2.21. The van der Waals surface area contributed by atoms with Crippen molar-refractivity contribution in [1.29, 1.82) is 0 Å². The van der Waals surface area contributed by atoms with Crippen LogP contribution >= 0.6 is 11.6 Å². The van der Waals surface area contributed by atoms with Crippen molar-refractivity contribution < 1.29 is 8.95 Å². The molecule has 13 heavy (non-hydrogen) atoms. The molecule has 0 saturated heterocycles. The highest BCUT2D eigenvalue weighted by atomic mass is 35.5. The zero-order valence-corrected chi connectivity index (χ0v) is 8.90. The highest BCUT2D eigenvalue weighted by molar-refractivity contribution is 7.85. The van der Waals surface area contributed by atoms with Crippen molar-refractivity contribution >= 4 is 22.4 Å². The first-order valence-electron chi connectivity index (χ1n) is 3.87. The predicted molar refractivity (Wildman–Crippen MR) is 55.0 cm³/mol. The Balaban J connectivity index is 2.92. The molecule has 1 aromatic rings. The van der Waals surface area contributed by atoms with Crippen molar-refractivity contribution in [3.05, 3.63) is 24.3 Å². The van der Waals surface area contributed by atoms with Crippen LogP contribution < -0.4 is 4.74 Å². The molecule has 1 rings (SSSR count). The van der Waals surface area contributed by atoms with E-state index in [1.807, 2.05) is 12.1 Å². The molecule has 0 radical (unpaired) electrons. The van der Waals surface area contributed by atoms with E-state index in [0.29, 0.717) is 22.3 Å². The van der Waals surface area contributed by atoms with E-state index in [0.717, 1.165) is 0 Å². The summed E-state index contributed by atoms with van der Waals surface area (Å²) >= 11 is 5.51. The van der Waals surface area contributed by atoms with E-state index in [4.69, 9.17) is 16.3 Å². The maximum absolute atomic E-state index is 11.6. The van der Waals surface area contributed by atoms with Crippen LogP contribution in [0.3, 0.4) is 0 Å². The number of para-hydroxylation sites is 1. The average molecular weight is 219 g/mol. The molecule has 0 fully saturated rings. The molecule has 0 spiro atoms. The van der Waals surface area contributed by atoms with Crippen molar-refractivity contribution in [2.75, 3.05) is 18.7 Å². The molecule has 1 atom stereocenters. The first-order valence-corrected chi connectivity index (χ1v) is 5.72. The molecular weight excluding hydrogens is 208 g/mol. The van der Waals surface area contributed by atoms with Crippen molar-refractivity contribution in [3.8, 4) is 5.75 Å². The summed E-state index contributed by atoms with van der Waals surface area (Å²) in [5, 5.41) is 0. The summed E-state index contributed by atoms with van der Waals surface area (Å²) < 4.78 is 16.6. The number of hydrogen-bond donors (Lipinski definition) is 0. The number of hydrogen-bond acceptors (Lipinski definition) is 2. The van der Waals surface area contributed by atoms with Gasteiger partial charge in [-0.3, -0.25) is 4.21 Å². The summed E-state index contributed by atoms with van der Waals surface area (Å²) in [6, 6.07) is 7.27. The Morgan fingerprint density at radius 3 is 2.77 bits per heavy atom. The van der Waals surface area contributed by atoms with Gasteiger partial charge in [-0.05, 0) is 12.1 Å². The first kappa shape index (κ1) is 10.5. The maximum atomic E-state index is 11.6. The standard InChI is InChI=1S/C9H11ClO2S/c1-12-8-4-2-3-5-9(8)13(11)7-6-10/h2-5H,6-7H2,1H3. The topological polar surface area (TPSA) is 26.3 Å². The monoisotopic (exact) mass is 218 g/mol. The summed E-state index contributed by atoms with van der Waals surface area (Å²) in [4.78, 5) is 0.714. The van der Waals surface area contributed by atoms with E-state index in [2.05, 4.69) is 0 Å². The van der Waals surface area contributed by atoms with Gasteiger partial charge in [0.2, 0.25) is 0 Å². The van der Waals surface area contributed by atoms with Crippen LogP contribution in [0.2, 0.25) is 0 Å². The van der Waals surface area contributed by atoms with Crippen LogP contribution in [0.25, 0.3) is 0 Å². The van der Waals surface area contributed by atoms with Crippen LogP contribution in [0.4, 0.5) is 0 Å². The lowest BCUT2D eigenvalue weighted by Crippen LogP contribution is -2.01. The molecule has 0 aliphatic carbocycles. The molecule has 4 heteroatoms. The number of benzene rings is 1. The first-order chi connectivity index (χ1) is 6.29. The smallest absolute Gasteiger partial charge is 0.134 e. The Morgan fingerprint density at radius 1 is 1.46 bits per heavy atom. The fraction of sp³-hybridized carbons (Fsp3) is 0.333. The van der Waals surface area contributed by atoms with Crippen LogP contribution in [0.5, 0.6) is 5.75 Å². The van der Waals surface area contributed by atoms with E-state index in [9.17, 15) is 4.21 Å². The molecule has 0 N–H and O–H groups in total. The van der Waals surface area contributed by atoms with Gasteiger partial charge in [0, 0.05) is 11.6 Å². The molecule has 0 heterocycles. The van der Waals surface area contributed by atoms with Crippen molar-refractivity contribution in [1.82, 2.24) is 0 Å². The van der Waals surface area contributed by atoms with Crippen LogP contribution in [-0.4, -0.2) is 23.0 Å². The number of alkyl halides is 1. The molecule has 0 bridgehead atoms. The Labute approximate surface area is 85.3 Å². The van der Waals surface area contributed by atoms with E-state index in [1.54, 1.807) is 19.2 Å². The van der Waals surface area contributed by atoms with Crippen molar-refractivity contribution in [3.63, 3.8) is 0 Å². The van der Waals surface area contributed by atoms with Crippen LogP contribution in [0, 0.1) is 0 Å². The van der Waals surface area contributed by atoms with E-state index in [-0.39, 0.29) is 0 Å². The van der Waals surface area contributed by atoms with Gasteiger partial charge >= 0.3 is 0 Å². The van der Waals surface area contributed by atoms with Crippen molar-refractivity contribution in [2.24, 2.45) is 0 Å². The predicted octanol–water partition coefficient (Wildman–Crippen LogP) is 2.04. The molecule has 2 nitrogen and oxygen atoms in total. The minimum atomic E-state index is -1.05. The minimum Gasteiger partial charge on any atom is -0.495 e. The Hall–Kier alpha value is -0.540. The summed E-state index contributed by atoms with van der Waals surface area (Å²) in [5.74, 6) is 1.51. The number of methoxy groups -OCH3 is 1. The highest BCUT2D eigenvalue weighted by Gasteiger charge is 2.08. The number of halogens is 1. The summed E-state index contributed by atoms with van der Waals surface area (Å²) in [6.07, 6.45) is 0. The molecule has 1 aromatic carbocycles. The third-order valence-corrected chi connectivity index (χ3v) is 3.39. The zero-order chi connectivity index (χ0) is 9.68. The lowest BCUT2D eigenvalue weighted by molar-refractivity contribution is 0.404. The van der Waals surface area contributed by atoms with Crippen LogP contribution in [0.15, 0.2) is 29.2 Å². The van der Waals surface area contributed by atoms with E-state index >= 15 is 0 Å². The second-order valence-corrected chi connectivity index (χ2v) is 4.31. The van der Waals surface area contributed by atoms with Gasteiger partial charge in [0.05, 0.1) is 22.8 Å². The van der Waals surface area contributed by atoms with Gasteiger partial charge < -0.3 is 4.74 Å². The minimum absolute atomic E-state index is 0.394. The molecule has 72 valence electrons. The summed E-state index contributed by atoms with van der Waals surface area (Å²) in [7, 11) is 0.514. The molecular formula is C9H11ClO2S. The molecule has 0 saturated carbocycles. The fourth-order valence-electron chi connectivity index (χ4n) is 0.987. The average Bonchev–Trinajstić information content (AvgIpc) is 2.18. The quantitative estimate of drug-likeness (QED) is 0.723. The van der Waals surface area contributed by atoms with Gasteiger partial charge in [-0.25, -0.2) is 0 Å². The van der Waals surface area contributed by atoms with Crippen molar-refractivity contribution in [2.45, 2.75) is 4.90 Å². The van der Waals surface area contributed by atoms with Crippen LogP contribution in [0.1, 0.15) is 0 Å². The fourth-order valence-corrected chi connectivity index (χ4v) is 2.37. The molecule has 0 aliphatic rings. The zero-order valence-electron chi connectivity index (χ0n) is 7.33. The lowest BCUT2D eigenvalue weighted by Gasteiger charge is -2.06. The Kier molecular flexibility index (Phi) is 4.25. The summed E-state index contributed by atoms with van der Waals surface area (Å²) in [5.41, 5.74) is 0. The van der Waals surface area contributed by atoms with Gasteiger partial charge in [-0.2, -0.15) is 0 Å². The molecule has 0 amide bonds. The SMILES string of the molecule is COc1ccccc1S(=O)CCCl. The second kappa shape index (κ2) is 5.25. The maximum Gasteiger partial charge on any atom is 0.134 e. The molecule has 1 unspecified atom stereocenters. The molecule has 0 aliphatic heterocycles. The van der Waals surface area contributed by atoms with Crippen LogP contribution in [-0.2, 0) is 10.8 Å². The third-order valence-electron chi connectivity index (χ3n) is 1.58. The van der Waals surface area contributed by atoms with Gasteiger partial charge in [-0.1, -0.05) is 12.1 Å². The number of ether oxygens (including phenoxy) is 1. The van der Waals surface area contributed by atoms with Gasteiger partial charge in [0.25, 0.3) is 0 Å². The van der Waals surface area contributed by atoms with E-state index < -0.39 is 10.8 Å². The van der Waals surface area contributed by atoms with Gasteiger partial charge in [-0.15, -0.1) is 11.6 Å².